The average Bonchev–Trinajstić information content (AvgIpc) is 2.75. The molecule has 0 aromatic heterocycles. The number of ether oxygens (including phenoxy) is 2. The van der Waals surface area contributed by atoms with Crippen LogP contribution in [0.2, 0.25) is 0 Å². The molecule has 2 aromatic carbocycles. The lowest BCUT2D eigenvalue weighted by Crippen LogP contribution is -2.43. The van der Waals surface area contributed by atoms with Gasteiger partial charge in [0.15, 0.2) is 11.5 Å². The molecule has 0 unspecified atom stereocenters. The Morgan fingerprint density at radius 3 is 2.71 bits per heavy atom. The summed E-state index contributed by atoms with van der Waals surface area (Å²) < 4.78 is 11.1. The molecule has 2 atom stereocenters. The number of amides is 1. The molecule has 0 saturated carbocycles. The molecule has 2 heterocycles. The Morgan fingerprint density at radius 1 is 1.11 bits per heavy atom. The van der Waals surface area contributed by atoms with Gasteiger partial charge in [0.05, 0.1) is 12.0 Å². The number of piperidine rings is 1. The molecule has 28 heavy (non-hydrogen) atoms. The Hall–Kier alpha value is -2.79. The van der Waals surface area contributed by atoms with Crippen molar-refractivity contribution in [1.82, 2.24) is 4.90 Å². The van der Waals surface area contributed by atoms with Gasteiger partial charge in [-0.05, 0) is 36.1 Å². The Kier molecular flexibility index (Phi) is 5.63. The van der Waals surface area contributed by atoms with Crippen molar-refractivity contribution in [3.63, 3.8) is 0 Å². The van der Waals surface area contributed by atoms with E-state index in [0.717, 1.165) is 18.5 Å². The molecule has 5 nitrogen and oxygen atoms in total. The second-order valence-corrected chi connectivity index (χ2v) is 7.19. The monoisotopic (exact) mass is 379 g/mol. The number of rotatable bonds is 5. The van der Waals surface area contributed by atoms with E-state index in [4.69, 9.17) is 9.47 Å². The summed E-state index contributed by atoms with van der Waals surface area (Å²) in [5, 5.41) is 10.9. The lowest BCUT2D eigenvalue weighted by atomic mass is 9.87. The summed E-state index contributed by atoms with van der Waals surface area (Å²) in [6.07, 6.45) is 4.76. The highest BCUT2D eigenvalue weighted by Crippen LogP contribution is 2.36. The van der Waals surface area contributed by atoms with Crippen molar-refractivity contribution in [2.45, 2.75) is 18.9 Å². The van der Waals surface area contributed by atoms with Crippen LogP contribution in [0.4, 0.5) is 0 Å². The van der Waals surface area contributed by atoms with Crippen molar-refractivity contribution in [3.05, 3.63) is 65.7 Å². The molecule has 0 spiro atoms. The Morgan fingerprint density at radius 2 is 1.89 bits per heavy atom. The zero-order chi connectivity index (χ0) is 19.3. The predicted octanol–water partition coefficient (Wildman–Crippen LogP) is 3.44. The number of hydrogen-bond donors (Lipinski definition) is 1. The van der Waals surface area contributed by atoms with Gasteiger partial charge in [-0.15, -0.1) is 0 Å². The maximum absolute atomic E-state index is 12.9. The molecule has 2 aromatic rings. The number of carbonyl (C=O) groups excluding carboxylic acids is 1. The van der Waals surface area contributed by atoms with Crippen molar-refractivity contribution in [1.29, 1.82) is 0 Å². The molecule has 0 bridgehead atoms. The van der Waals surface area contributed by atoms with Crippen molar-refractivity contribution < 1.29 is 19.4 Å². The number of likely N-dealkylation sites (tertiary alicyclic amines) is 1. The lowest BCUT2D eigenvalue weighted by Gasteiger charge is -2.34. The van der Waals surface area contributed by atoms with Crippen molar-refractivity contribution in [2.24, 2.45) is 5.92 Å². The van der Waals surface area contributed by atoms with Crippen LogP contribution in [0.5, 0.6) is 11.5 Å². The SMILES string of the molecule is O=C1[C@H]([C@@H](O)c2ccc3c(c2)OCCO3)CCCN1C/C=C/c1ccccc1. The van der Waals surface area contributed by atoms with Crippen LogP contribution in [0.1, 0.15) is 30.1 Å². The summed E-state index contributed by atoms with van der Waals surface area (Å²) >= 11 is 0. The minimum atomic E-state index is -0.843. The van der Waals surface area contributed by atoms with Gasteiger partial charge in [0.25, 0.3) is 0 Å². The third kappa shape index (κ3) is 4.04. The standard InChI is InChI=1S/C23H25NO4/c25-22(18-10-11-20-21(16-18)28-15-14-27-20)19-9-5-13-24(23(19)26)12-4-8-17-6-2-1-3-7-17/h1-4,6-8,10-11,16,19,22,25H,5,9,12-15H2/b8-4+/t19-,22-/m0/s1. The molecule has 5 heteroatoms. The van der Waals surface area contributed by atoms with Gasteiger partial charge in [-0.3, -0.25) is 4.79 Å². The molecule has 2 aliphatic heterocycles. The minimum Gasteiger partial charge on any atom is -0.486 e. The van der Waals surface area contributed by atoms with E-state index in [-0.39, 0.29) is 5.91 Å². The van der Waals surface area contributed by atoms with Crippen LogP contribution in [0.3, 0.4) is 0 Å². The van der Waals surface area contributed by atoms with Crippen LogP contribution in [0.15, 0.2) is 54.6 Å². The molecule has 1 saturated heterocycles. The van der Waals surface area contributed by atoms with Crippen LogP contribution >= 0.6 is 0 Å². The molecule has 1 N–H and O–H groups in total. The molecule has 0 aliphatic carbocycles. The fraction of sp³-hybridized carbons (Fsp3) is 0.348. The second kappa shape index (κ2) is 8.48. The number of hydrogen-bond acceptors (Lipinski definition) is 4. The van der Waals surface area contributed by atoms with Crippen LogP contribution in [-0.2, 0) is 4.79 Å². The van der Waals surface area contributed by atoms with Crippen molar-refractivity contribution in [3.8, 4) is 11.5 Å². The first-order valence-corrected chi connectivity index (χ1v) is 9.80. The van der Waals surface area contributed by atoms with Gasteiger partial charge in [0.2, 0.25) is 5.91 Å². The smallest absolute Gasteiger partial charge is 0.228 e. The van der Waals surface area contributed by atoms with E-state index in [9.17, 15) is 9.90 Å². The first kappa shape index (κ1) is 18.6. The number of aliphatic hydroxyl groups is 1. The zero-order valence-electron chi connectivity index (χ0n) is 15.8. The number of fused-ring (bicyclic) bond motifs is 1. The van der Waals surface area contributed by atoms with E-state index >= 15 is 0 Å². The Labute approximate surface area is 165 Å². The lowest BCUT2D eigenvalue weighted by molar-refractivity contribution is -0.142. The van der Waals surface area contributed by atoms with Crippen LogP contribution in [-0.4, -0.2) is 42.2 Å². The Bertz CT molecular complexity index is 849. The first-order valence-electron chi connectivity index (χ1n) is 9.80. The molecule has 2 aliphatic rings. The maximum Gasteiger partial charge on any atom is 0.228 e. The summed E-state index contributed by atoms with van der Waals surface area (Å²) in [6, 6.07) is 15.4. The molecule has 146 valence electrons. The van der Waals surface area contributed by atoms with E-state index in [2.05, 4.69) is 0 Å². The van der Waals surface area contributed by atoms with E-state index in [1.54, 1.807) is 12.1 Å². The number of nitrogens with zero attached hydrogens (tertiary/aromatic N) is 1. The minimum absolute atomic E-state index is 0.00588. The summed E-state index contributed by atoms with van der Waals surface area (Å²) in [5.41, 5.74) is 1.81. The molecular weight excluding hydrogens is 354 g/mol. The van der Waals surface area contributed by atoms with Crippen LogP contribution in [0, 0.1) is 5.92 Å². The van der Waals surface area contributed by atoms with Crippen molar-refractivity contribution in [2.75, 3.05) is 26.3 Å². The first-order chi connectivity index (χ1) is 13.7. The van der Waals surface area contributed by atoms with Gasteiger partial charge in [-0.2, -0.15) is 0 Å². The predicted molar refractivity (Wildman–Crippen MR) is 107 cm³/mol. The highest BCUT2D eigenvalue weighted by Gasteiger charge is 2.34. The number of carbonyl (C=O) groups is 1. The topological polar surface area (TPSA) is 59.0 Å². The zero-order valence-corrected chi connectivity index (χ0v) is 15.8. The molecule has 1 amide bonds. The molecule has 1 fully saturated rings. The molecular formula is C23H25NO4. The highest BCUT2D eigenvalue weighted by atomic mass is 16.6. The fourth-order valence-corrected chi connectivity index (χ4v) is 3.80. The summed E-state index contributed by atoms with van der Waals surface area (Å²) in [4.78, 5) is 14.8. The number of aliphatic hydroxyl groups excluding tert-OH is 1. The third-order valence-corrected chi connectivity index (χ3v) is 5.30. The van der Waals surface area contributed by atoms with Gasteiger partial charge in [0.1, 0.15) is 13.2 Å². The summed E-state index contributed by atoms with van der Waals surface area (Å²) in [5.74, 6) is 0.895. The van der Waals surface area contributed by atoms with Crippen LogP contribution < -0.4 is 9.47 Å². The Balaban J connectivity index is 1.43. The summed E-state index contributed by atoms with van der Waals surface area (Å²) in [6.45, 7) is 2.30. The molecule has 4 rings (SSSR count). The quantitative estimate of drug-likeness (QED) is 0.865. The van der Waals surface area contributed by atoms with Gasteiger partial charge < -0.3 is 19.5 Å². The number of benzene rings is 2. The largest absolute Gasteiger partial charge is 0.486 e. The van der Waals surface area contributed by atoms with Crippen molar-refractivity contribution >= 4 is 12.0 Å². The average molecular weight is 379 g/mol. The van der Waals surface area contributed by atoms with Gasteiger partial charge in [-0.1, -0.05) is 48.6 Å². The van der Waals surface area contributed by atoms with Gasteiger partial charge in [0, 0.05) is 13.1 Å². The maximum atomic E-state index is 12.9. The highest BCUT2D eigenvalue weighted by molar-refractivity contribution is 5.80. The second-order valence-electron chi connectivity index (χ2n) is 7.19. The van der Waals surface area contributed by atoms with Crippen LogP contribution in [0.25, 0.3) is 6.08 Å². The fourth-order valence-electron chi connectivity index (χ4n) is 3.80. The van der Waals surface area contributed by atoms with E-state index in [1.807, 2.05) is 53.5 Å². The molecule has 0 radical (unpaired) electrons. The summed E-state index contributed by atoms with van der Waals surface area (Å²) in [7, 11) is 0. The third-order valence-electron chi connectivity index (χ3n) is 5.30. The van der Waals surface area contributed by atoms with E-state index in [1.165, 1.54) is 0 Å². The van der Waals surface area contributed by atoms with E-state index in [0.29, 0.717) is 43.2 Å². The van der Waals surface area contributed by atoms with Gasteiger partial charge in [-0.25, -0.2) is 0 Å². The normalized spacial score (nSPS) is 20.4. The van der Waals surface area contributed by atoms with Gasteiger partial charge >= 0.3 is 0 Å². The van der Waals surface area contributed by atoms with E-state index < -0.39 is 12.0 Å².